The summed E-state index contributed by atoms with van der Waals surface area (Å²) in [6.45, 7) is 0.211. The van der Waals surface area contributed by atoms with Crippen LogP contribution in [0.1, 0.15) is 39.2 Å². The molecule has 0 fully saturated rings. The molecule has 6 nitrogen and oxygen atoms in total. The fraction of sp³-hybridized carbons (Fsp3) is 0.300. The molecule has 0 radical (unpaired) electrons. The summed E-state index contributed by atoms with van der Waals surface area (Å²) in [5.41, 5.74) is 2.35. The van der Waals surface area contributed by atoms with Crippen LogP contribution in [0.4, 0.5) is 5.00 Å². The van der Waals surface area contributed by atoms with Crippen molar-refractivity contribution in [1.82, 2.24) is 0 Å². The van der Waals surface area contributed by atoms with Gasteiger partial charge in [0.1, 0.15) is 5.00 Å². The third kappa shape index (κ3) is 3.55. The molecule has 2 heterocycles. The highest BCUT2D eigenvalue weighted by Crippen LogP contribution is 2.38. The van der Waals surface area contributed by atoms with Crippen LogP contribution in [0.3, 0.4) is 0 Å². The fourth-order valence-electron chi connectivity index (χ4n) is 3.31. The molecule has 1 amide bonds. The Labute approximate surface area is 160 Å². The number of thiophene rings is 1. The van der Waals surface area contributed by atoms with E-state index < -0.39 is 5.97 Å². The summed E-state index contributed by atoms with van der Waals surface area (Å²) in [5, 5.41) is 3.41. The average Bonchev–Trinajstić information content (AvgIpc) is 3.29. The zero-order chi connectivity index (χ0) is 18.8. The summed E-state index contributed by atoms with van der Waals surface area (Å²) < 4.78 is 15.5. The van der Waals surface area contributed by atoms with Gasteiger partial charge in [0, 0.05) is 11.0 Å². The Hall–Kier alpha value is -2.80. The van der Waals surface area contributed by atoms with E-state index in [9.17, 15) is 9.59 Å². The molecular formula is C20H19NO5S. The molecule has 0 atom stereocenters. The van der Waals surface area contributed by atoms with E-state index >= 15 is 0 Å². The van der Waals surface area contributed by atoms with E-state index in [0.29, 0.717) is 22.1 Å². The minimum atomic E-state index is -0.399. The maximum atomic E-state index is 12.4. The van der Waals surface area contributed by atoms with Crippen molar-refractivity contribution in [3.05, 3.63) is 45.8 Å². The molecule has 1 aliphatic heterocycles. The number of hydrogen-bond acceptors (Lipinski definition) is 6. The smallest absolute Gasteiger partial charge is 0.341 e. The van der Waals surface area contributed by atoms with E-state index in [1.807, 2.05) is 18.2 Å². The van der Waals surface area contributed by atoms with Crippen LogP contribution < -0.4 is 14.8 Å². The lowest BCUT2D eigenvalue weighted by Gasteiger charge is -2.11. The van der Waals surface area contributed by atoms with E-state index in [1.54, 1.807) is 6.08 Å². The largest absolute Gasteiger partial charge is 0.465 e. The molecule has 0 unspecified atom stereocenters. The summed E-state index contributed by atoms with van der Waals surface area (Å²) in [4.78, 5) is 25.8. The molecule has 1 N–H and O–H groups in total. The van der Waals surface area contributed by atoms with Crippen molar-refractivity contribution in [2.45, 2.75) is 25.7 Å². The molecule has 140 valence electrons. The van der Waals surface area contributed by atoms with Crippen molar-refractivity contribution in [2.24, 2.45) is 0 Å². The average molecular weight is 385 g/mol. The number of carbonyl (C=O) groups excluding carboxylic acids is 2. The first kappa shape index (κ1) is 17.6. The Morgan fingerprint density at radius 2 is 2.00 bits per heavy atom. The number of ether oxygens (including phenoxy) is 3. The summed E-state index contributed by atoms with van der Waals surface area (Å²) in [6, 6.07) is 5.47. The van der Waals surface area contributed by atoms with Gasteiger partial charge in [-0.2, -0.15) is 0 Å². The standard InChI is InChI=1S/C20H19NO5S/c1-24-20(23)18-13-4-2-3-5-16(13)27-19(18)21-17(22)9-7-12-6-8-14-15(10-12)26-11-25-14/h6-10H,2-5,11H2,1H3,(H,21,22). The van der Waals surface area contributed by atoms with E-state index in [1.165, 1.54) is 24.5 Å². The number of methoxy groups -OCH3 is 1. The molecule has 2 aliphatic rings. The van der Waals surface area contributed by atoms with Gasteiger partial charge in [0.25, 0.3) is 0 Å². The van der Waals surface area contributed by atoms with E-state index in [0.717, 1.165) is 41.7 Å². The number of aryl methyl sites for hydroxylation is 1. The molecule has 0 saturated carbocycles. The molecule has 0 bridgehead atoms. The van der Waals surface area contributed by atoms with Gasteiger partial charge in [-0.05, 0) is 55.0 Å². The highest BCUT2D eigenvalue weighted by atomic mass is 32.1. The predicted octanol–water partition coefficient (Wildman–Crippen LogP) is 3.79. The lowest BCUT2D eigenvalue weighted by atomic mass is 9.95. The van der Waals surface area contributed by atoms with Crippen molar-refractivity contribution in [2.75, 3.05) is 19.2 Å². The van der Waals surface area contributed by atoms with Crippen molar-refractivity contribution in [3.8, 4) is 11.5 Å². The number of anilines is 1. The first-order valence-electron chi connectivity index (χ1n) is 8.77. The molecule has 1 aromatic heterocycles. The molecule has 0 spiro atoms. The van der Waals surface area contributed by atoms with Gasteiger partial charge in [-0.1, -0.05) is 6.07 Å². The van der Waals surface area contributed by atoms with E-state index in [4.69, 9.17) is 14.2 Å². The molecule has 0 saturated heterocycles. The molecule has 2 aromatic rings. The second-order valence-corrected chi connectivity index (χ2v) is 7.45. The first-order valence-corrected chi connectivity index (χ1v) is 9.59. The lowest BCUT2D eigenvalue weighted by molar-refractivity contribution is -0.111. The van der Waals surface area contributed by atoms with Crippen LogP contribution in [-0.4, -0.2) is 25.8 Å². The number of benzene rings is 1. The van der Waals surface area contributed by atoms with Gasteiger partial charge in [0.15, 0.2) is 11.5 Å². The Bertz CT molecular complexity index is 931. The molecule has 7 heteroatoms. The molecule has 4 rings (SSSR count). The van der Waals surface area contributed by atoms with Gasteiger partial charge in [0.2, 0.25) is 12.7 Å². The van der Waals surface area contributed by atoms with Gasteiger partial charge in [-0.15, -0.1) is 11.3 Å². The normalized spacial score (nSPS) is 14.9. The van der Waals surface area contributed by atoms with Crippen LogP contribution >= 0.6 is 11.3 Å². The number of fused-ring (bicyclic) bond motifs is 2. The topological polar surface area (TPSA) is 73.9 Å². The van der Waals surface area contributed by atoms with Gasteiger partial charge >= 0.3 is 5.97 Å². The van der Waals surface area contributed by atoms with Gasteiger partial charge in [-0.3, -0.25) is 4.79 Å². The van der Waals surface area contributed by atoms with Crippen molar-refractivity contribution in [1.29, 1.82) is 0 Å². The van der Waals surface area contributed by atoms with E-state index in [2.05, 4.69) is 5.32 Å². The number of amides is 1. The number of nitrogens with one attached hydrogen (secondary N) is 1. The quantitative estimate of drug-likeness (QED) is 0.640. The van der Waals surface area contributed by atoms with E-state index in [-0.39, 0.29) is 12.7 Å². The van der Waals surface area contributed by atoms with Gasteiger partial charge < -0.3 is 19.5 Å². The van der Waals surface area contributed by atoms with Crippen molar-refractivity contribution >= 4 is 34.3 Å². The Morgan fingerprint density at radius 1 is 1.19 bits per heavy atom. The second-order valence-electron chi connectivity index (χ2n) is 6.34. The zero-order valence-corrected chi connectivity index (χ0v) is 15.7. The minimum absolute atomic E-state index is 0.211. The first-order chi connectivity index (χ1) is 13.2. The minimum Gasteiger partial charge on any atom is -0.465 e. The van der Waals surface area contributed by atoms with Crippen LogP contribution in [0.5, 0.6) is 11.5 Å². The molecule has 27 heavy (non-hydrogen) atoms. The van der Waals surface area contributed by atoms with Crippen LogP contribution in [0.2, 0.25) is 0 Å². The highest BCUT2D eigenvalue weighted by molar-refractivity contribution is 7.17. The number of rotatable bonds is 4. The molecular weight excluding hydrogens is 366 g/mol. The molecule has 1 aliphatic carbocycles. The van der Waals surface area contributed by atoms with Crippen molar-refractivity contribution < 1.29 is 23.8 Å². The predicted molar refractivity (Wildman–Crippen MR) is 103 cm³/mol. The fourth-order valence-corrected chi connectivity index (χ4v) is 4.59. The number of esters is 1. The summed E-state index contributed by atoms with van der Waals surface area (Å²) in [6.07, 6.45) is 7.07. The monoisotopic (exact) mass is 385 g/mol. The van der Waals surface area contributed by atoms with Crippen LogP contribution in [0.15, 0.2) is 24.3 Å². The SMILES string of the molecule is COC(=O)c1c(NC(=O)C=Cc2ccc3c(c2)OCO3)sc2c1CCCC2. The lowest BCUT2D eigenvalue weighted by Crippen LogP contribution is -2.13. The maximum Gasteiger partial charge on any atom is 0.341 e. The number of carbonyl (C=O) groups is 2. The van der Waals surface area contributed by atoms with Gasteiger partial charge in [0.05, 0.1) is 12.7 Å². The number of hydrogen-bond donors (Lipinski definition) is 1. The Balaban J connectivity index is 1.52. The summed E-state index contributed by atoms with van der Waals surface area (Å²) in [5.74, 6) is 0.667. The molecule has 1 aromatic carbocycles. The third-order valence-electron chi connectivity index (χ3n) is 4.62. The second kappa shape index (κ2) is 7.44. The van der Waals surface area contributed by atoms with Crippen LogP contribution in [0, 0.1) is 0 Å². The maximum absolute atomic E-state index is 12.4. The zero-order valence-electron chi connectivity index (χ0n) is 14.9. The summed E-state index contributed by atoms with van der Waals surface area (Å²) >= 11 is 1.47. The third-order valence-corrected chi connectivity index (χ3v) is 5.83. The van der Waals surface area contributed by atoms with Crippen LogP contribution in [-0.2, 0) is 22.4 Å². The van der Waals surface area contributed by atoms with Crippen molar-refractivity contribution in [3.63, 3.8) is 0 Å². The Morgan fingerprint density at radius 3 is 2.85 bits per heavy atom. The van der Waals surface area contributed by atoms with Crippen LogP contribution in [0.25, 0.3) is 6.08 Å². The summed E-state index contributed by atoms with van der Waals surface area (Å²) in [7, 11) is 1.36. The van der Waals surface area contributed by atoms with Gasteiger partial charge in [-0.25, -0.2) is 4.79 Å². The highest BCUT2D eigenvalue weighted by Gasteiger charge is 2.26. The Kier molecular flexibility index (Phi) is 4.85.